The lowest BCUT2D eigenvalue weighted by atomic mass is 10.2. The van der Waals surface area contributed by atoms with Crippen LogP contribution < -0.4 is 14.8 Å². The fourth-order valence-electron chi connectivity index (χ4n) is 3.03. The lowest BCUT2D eigenvalue weighted by Gasteiger charge is -2.34. The van der Waals surface area contributed by atoms with Gasteiger partial charge in [0, 0.05) is 51.6 Å². The molecule has 2 amide bonds. The molecule has 1 heterocycles. The van der Waals surface area contributed by atoms with E-state index in [0.717, 1.165) is 6.42 Å². The zero-order valence-corrected chi connectivity index (χ0v) is 18.0. The number of hydrogen-bond acceptors (Lipinski definition) is 6. The Labute approximate surface area is 172 Å². The van der Waals surface area contributed by atoms with E-state index in [1.165, 1.54) is 24.6 Å². The molecule has 1 saturated heterocycles. The second-order valence-electron chi connectivity index (χ2n) is 6.65. The zero-order valence-electron chi connectivity index (χ0n) is 17.1. The summed E-state index contributed by atoms with van der Waals surface area (Å²) in [6, 6.07) is 4.61. The molecule has 0 spiro atoms. The first-order chi connectivity index (χ1) is 13.8. The first-order valence-corrected chi connectivity index (χ1v) is 11.0. The molecule has 9 nitrogen and oxygen atoms in total. The van der Waals surface area contributed by atoms with Crippen molar-refractivity contribution in [3.05, 3.63) is 18.2 Å². The number of hydrogen-bond donors (Lipinski definition) is 1. The van der Waals surface area contributed by atoms with Gasteiger partial charge in [-0.15, -0.1) is 0 Å². The molecule has 162 valence electrons. The van der Waals surface area contributed by atoms with E-state index in [9.17, 15) is 18.0 Å². The lowest BCUT2D eigenvalue weighted by Crippen LogP contribution is -2.50. The van der Waals surface area contributed by atoms with Crippen molar-refractivity contribution < 1.29 is 27.5 Å². The number of carbonyl (C=O) groups is 2. The van der Waals surface area contributed by atoms with Crippen molar-refractivity contribution in [3.8, 4) is 11.5 Å². The molecule has 0 atom stereocenters. The summed E-state index contributed by atoms with van der Waals surface area (Å²) < 4.78 is 37.8. The highest BCUT2D eigenvalue weighted by Crippen LogP contribution is 2.31. The lowest BCUT2D eigenvalue weighted by molar-refractivity contribution is -0.134. The van der Waals surface area contributed by atoms with Crippen molar-refractivity contribution >= 4 is 21.8 Å². The van der Waals surface area contributed by atoms with Gasteiger partial charge in [0.15, 0.2) is 0 Å². The predicted molar refractivity (Wildman–Crippen MR) is 107 cm³/mol. The normalized spacial score (nSPS) is 15.1. The van der Waals surface area contributed by atoms with Gasteiger partial charge < -0.3 is 19.7 Å². The molecule has 0 aromatic heterocycles. The Balaban J connectivity index is 1.98. The molecule has 1 N–H and O–H groups in total. The summed E-state index contributed by atoms with van der Waals surface area (Å²) in [5, 5.41) is 2.74. The Morgan fingerprint density at radius 3 is 2.34 bits per heavy atom. The van der Waals surface area contributed by atoms with Gasteiger partial charge in [-0.25, -0.2) is 8.42 Å². The van der Waals surface area contributed by atoms with E-state index in [2.05, 4.69) is 5.32 Å². The molecule has 2 rings (SSSR count). The topological polar surface area (TPSA) is 105 Å². The minimum Gasteiger partial charge on any atom is -0.497 e. The Morgan fingerprint density at radius 2 is 1.76 bits per heavy atom. The highest BCUT2D eigenvalue weighted by atomic mass is 32.2. The van der Waals surface area contributed by atoms with Crippen molar-refractivity contribution in [1.82, 2.24) is 14.5 Å². The van der Waals surface area contributed by atoms with Crippen LogP contribution in [-0.4, -0.2) is 76.4 Å². The number of benzene rings is 1. The van der Waals surface area contributed by atoms with Gasteiger partial charge in [0.25, 0.3) is 0 Å². The predicted octanol–water partition coefficient (Wildman–Crippen LogP) is 0.843. The summed E-state index contributed by atoms with van der Waals surface area (Å²) in [5.41, 5.74) is 0. The Bertz CT molecular complexity index is 819. The standard InChI is InChI=1S/C19H29N3O6S/c1-4-9-20-18(23)7-8-19(24)21-10-12-22(13-11-21)29(25,26)17-14-15(27-2)5-6-16(17)28-3/h5-6,14H,4,7-13H2,1-3H3,(H,20,23). The van der Waals surface area contributed by atoms with Gasteiger partial charge in [-0.05, 0) is 18.6 Å². The number of rotatable bonds is 9. The third kappa shape index (κ3) is 5.83. The summed E-state index contributed by atoms with van der Waals surface area (Å²) in [7, 11) is -0.922. The minimum atomic E-state index is -3.80. The number of carbonyl (C=O) groups excluding carboxylic acids is 2. The smallest absolute Gasteiger partial charge is 0.247 e. The molecule has 1 aliphatic heterocycles. The first kappa shape index (κ1) is 23.0. The molecule has 1 aromatic rings. The van der Waals surface area contributed by atoms with E-state index in [-0.39, 0.29) is 61.5 Å². The van der Waals surface area contributed by atoms with Gasteiger partial charge in [-0.3, -0.25) is 9.59 Å². The highest BCUT2D eigenvalue weighted by molar-refractivity contribution is 7.89. The quantitative estimate of drug-likeness (QED) is 0.626. The monoisotopic (exact) mass is 427 g/mol. The summed E-state index contributed by atoms with van der Waals surface area (Å²) in [6.07, 6.45) is 1.10. The van der Waals surface area contributed by atoms with Crippen molar-refractivity contribution in [2.75, 3.05) is 46.9 Å². The molecule has 29 heavy (non-hydrogen) atoms. The molecule has 0 bridgehead atoms. The maximum Gasteiger partial charge on any atom is 0.247 e. The molecule has 0 saturated carbocycles. The zero-order chi connectivity index (χ0) is 21.4. The van der Waals surface area contributed by atoms with Crippen LogP contribution in [0.2, 0.25) is 0 Å². The van der Waals surface area contributed by atoms with Crippen molar-refractivity contribution in [1.29, 1.82) is 0 Å². The molecule has 0 unspecified atom stereocenters. The molecule has 0 radical (unpaired) electrons. The van der Waals surface area contributed by atoms with E-state index in [1.54, 1.807) is 17.0 Å². The van der Waals surface area contributed by atoms with Crippen LogP contribution in [0, 0.1) is 0 Å². The second-order valence-corrected chi connectivity index (χ2v) is 8.56. The van der Waals surface area contributed by atoms with Gasteiger partial charge in [0.1, 0.15) is 16.4 Å². The first-order valence-electron chi connectivity index (χ1n) is 9.60. The number of piperazine rings is 1. The molecule has 0 aliphatic carbocycles. The Hall–Kier alpha value is -2.33. The third-order valence-electron chi connectivity index (χ3n) is 4.72. The molecular weight excluding hydrogens is 398 g/mol. The summed E-state index contributed by atoms with van der Waals surface area (Å²) >= 11 is 0. The maximum absolute atomic E-state index is 13.1. The fourth-order valence-corrected chi connectivity index (χ4v) is 4.63. The van der Waals surface area contributed by atoms with Crippen LogP contribution in [0.15, 0.2) is 23.1 Å². The number of methoxy groups -OCH3 is 2. The van der Waals surface area contributed by atoms with Crippen molar-refractivity contribution in [2.45, 2.75) is 31.1 Å². The molecule has 1 aromatic carbocycles. The summed E-state index contributed by atoms with van der Waals surface area (Å²) in [5.74, 6) is 0.362. The van der Waals surface area contributed by atoms with Crippen LogP contribution >= 0.6 is 0 Å². The van der Waals surface area contributed by atoms with E-state index in [1.807, 2.05) is 6.92 Å². The van der Waals surface area contributed by atoms with Crippen LogP contribution in [0.3, 0.4) is 0 Å². The maximum atomic E-state index is 13.1. The number of sulfonamides is 1. The molecule has 10 heteroatoms. The summed E-state index contributed by atoms with van der Waals surface area (Å²) in [6.45, 7) is 3.46. The fraction of sp³-hybridized carbons (Fsp3) is 0.579. The number of amides is 2. The molecular formula is C19H29N3O6S. The van der Waals surface area contributed by atoms with E-state index in [4.69, 9.17) is 9.47 Å². The van der Waals surface area contributed by atoms with E-state index < -0.39 is 10.0 Å². The minimum absolute atomic E-state index is 0.0340. The van der Waals surface area contributed by atoms with Gasteiger partial charge >= 0.3 is 0 Å². The van der Waals surface area contributed by atoms with Crippen molar-refractivity contribution in [3.63, 3.8) is 0 Å². The number of nitrogens with one attached hydrogen (secondary N) is 1. The van der Waals surface area contributed by atoms with Crippen LogP contribution in [0.5, 0.6) is 11.5 Å². The van der Waals surface area contributed by atoms with Gasteiger partial charge in [0.2, 0.25) is 21.8 Å². The average Bonchev–Trinajstić information content (AvgIpc) is 2.75. The van der Waals surface area contributed by atoms with Gasteiger partial charge in [0.05, 0.1) is 14.2 Å². The van der Waals surface area contributed by atoms with Crippen LogP contribution in [0.25, 0.3) is 0 Å². The van der Waals surface area contributed by atoms with E-state index in [0.29, 0.717) is 12.3 Å². The van der Waals surface area contributed by atoms with E-state index >= 15 is 0 Å². The number of ether oxygens (including phenoxy) is 2. The van der Waals surface area contributed by atoms with Crippen molar-refractivity contribution in [2.24, 2.45) is 0 Å². The van der Waals surface area contributed by atoms with Crippen LogP contribution in [0.4, 0.5) is 0 Å². The molecule has 1 aliphatic rings. The third-order valence-corrected chi connectivity index (χ3v) is 6.64. The Morgan fingerprint density at radius 1 is 1.07 bits per heavy atom. The van der Waals surface area contributed by atoms with Crippen LogP contribution in [-0.2, 0) is 19.6 Å². The van der Waals surface area contributed by atoms with Gasteiger partial charge in [-0.1, -0.05) is 6.92 Å². The highest BCUT2D eigenvalue weighted by Gasteiger charge is 2.32. The summed E-state index contributed by atoms with van der Waals surface area (Å²) in [4.78, 5) is 25.6. The molecule has 1 fully saturated rings. The SMILES string of the molecule is CCCNC(=O)CCC(=O)N1CCN(S(=O)(=O)c2cc(OC)ccc2OC)CC1. The average molecular weight is 428 g/mol. The van der Waals surface area contributed by atoms with Gasteiger partial charge in [-0.2, -0.15) is 4.31 Å². The van der Waals surface area contributed by atoms with Crippen LogP contribution in [0.1, 0.15) is 26.2 Å². The Kier molecular flexibility index (Phi) is 8.27. The largest absolute Gasteiger partial charge is 0.497 e. The number of nitrogens with zero attached hydrogens (tertiary/aromatic N) is 2. The second kappa shape index (κ2) is 10.4.